The number of H-pyrrole nitrogens is 1. The molecule has 1 aromatic carbocycles. The minimum atomic E-state index is -0.389. The van der Waals surface area contributed by atoms with Crippen molar-refractivity contribution in [2.24, 2.45) is 0 Å². The lowest BCUT2D eigenvalue weighted by Gasteiger charge is -2.20. The van der Waals surface area contributed by atoms with Crippen molar-refractivity contribution < 1.29 is 9.32 Å². The first-order valence-corrected chi connectivity index (χ1v) is 8.58. The van der Waals surface area contributed by atoms with Gasteiger partial charge in [-0.15, -0.1) is 0 Å². The van der Waals surface area contributed by atoms with E-state index in [0.717, 1.165) is 0 Å². The number of carbonyl (C=O) groups excluding carboxylic acids is 1. The van der Waals surface area contributed by atoms with E-state index in [0.29, 0.717) is 34.8 Å². The molecule has 0 saturated carbocycles. The zero-order valence-corrected chi connectivity index (χ0v) is 14.6. The quantitative estimate of drug-likeness (QED) is 0.525. The van der Waals surface area contributed by atoms with Crippen LogP contribution in [0.1, 0.15) is 12.7 Å². The molecule has 1 atom stereocenters. The molecular formula is C16H17N5O3S. The van der Waals surface area contributed by atoms with Crippen molar-refractivity contribution >= 4 is 28.6 Å². The third-order valence-corrected chi connectivity index (χ3v) is 4.65. The second kappa shape index (κ2) is 7.47. The lowest BCUT2D eigenvalue weighted by atomic mass is 10.2. The summed E-state index contributed by atoms with van der Waals surface area (Å²) in [4.78, 5) is 37.2. The van der Waals surface area contributed by atoms with E-state index in [-0.39, 0.29) is 16.7 Å². The van der Waals surface area contributed by atoms with Crippen LogP contribution < -0.4 is 5.56 Å². The van der Waals surface area contributed by atoms with Crippen LogP contribution in [0.2, 0.25) is 0 Å². The van der Waals surface area contributed by atoms with Gasteiger partial charge < -0.3 is 14.4 Å². The molecule has 0 bridgehead atoms. The maximum atomic E-state index is 12.5. The number of hydrogen-bond acceptors (Lipinski definition) is 7. The van der Waals surface area contributed by atoms with Crippen molar-refractivity contribution in [1.82, 2.24) is 25.0 Å². The predicted molar refractivity (Wildman–Crippen MR) is 93.3 cm³/mol. The zero-order chi connectivity index (χ0) is 17.8. The summed E-state index contributed by atoms with van der Waals surface area (Å²) in [5, 5.41) is 4.29. The zero-order valence-electron chi connectivity index (χ0n) is 13.8. The molecule has 3 aromatic rings. The fourth-order valence-electron chi connectivity index (χ4n) is 2.33. The SMILES string of the molecule is C[C@@H](Sc1nc2ccccc2c(=O)[nH]1)C(=O)N(C)CCc1ncon1. The van der Waals surface area contributed by atoms with Crippen LogP contribution >= 0.6 is 11.8 Å². The van der Waals surface area contributed by atoms with Crippen molar-refractivity contribution in [3.63, 3.8) is 0 Å². The molecule has 1 N–H and O–H groups in total. The number of nitrogens with one attached hydrogen (secondary N) is 1. The van der Waals surface area contributed by atoms with E-state index in [9.17, 15) is 9.59 Å². The average molecular weight is 359 g/mol. The standard InChI is InChI=1S/C16H17N5O3S/c1-10(15(23)21(2)8-7-13-17-9-24-20-13)25-16-18-12-6-4-3-5-11(12)14(22)19-16/h3-6,9-10H,7-8H2,1-2H3,(H,18,19,22)/t10-/m1/s1. The lowest BCUT2D eigenvalue weighted by molar-refractivity contribution is -0.129. The maximum Gasteiger partial charge on any atom is 0.259 e. The van der Waals surface area contributed by atoms with Gasteiger partial charge in [0.2, 0.25) is 12.3 Å². The number of amides is 1. The van der Waals surface area contributed by atoms with Crippen LogP contribution in [0.3, 0.4) is 0 Å². The van der Waals surface area contributed by atoms with Crippen LogP contribution in [0.5, 0.6) is 0 Å². The number of fused-ring (bicyclic) bond motifs is 1. The first kappa shape index (κ1) is 17.2. The van der Waals surface area contributed by atoms with Gasteiger partial charge in [-0.05, 0) is 19.1 Å². The minimum Gasteiger partial charge on any atom is -0.344 e. The average Bonchev–Trinajstić information content (AvgIpc) is 3.12. The summed E-state index contributed by atoms with van der Waals surface area (Å²) in [5.41, 5.74) is 0.400. The van der Waals surface area contributed by atoms with Gasteiger partial charge in [0.1, 0.15) is 0 Å². The van der Waals surface area contributed by atoms with E-state index in [4.69, 9.17) is 0 Å². The Bertz CT molecular complexity index is 925. The van der Waals surface area contributed by atoms with Crippen molar-refractivity contribution in [3.8, 4) is 0 Å². The van der Waals surface area contributed by atoms with E-state index in [1.54, 1.807) is 37.1 Å². The minimum absolute atomic E-state index is 0.0655. The molecule has 0 spiro atoms. The molecule has 9 heteroatoms. The fourth-order valence-corrected chi connectivity index (χ4v) is 3.25. The molecule has 0 aliphatic heterocycles. The molecule has 0 saturated heterocycles. The maximum absolute atomic E-state index is 12.5. The van der Waals surface area contributed by atoms with Crippen molar-refractivity contribution in [2.45, 2.75) is 23.8 Å². The highest BCUT2D eigenvalue weighted by molar-refractivity contribution is 8.00. The highest BCUT2D eigenvalue weighted by Gasteiger charge is 2.20. The van der Waals surface area contributed by atoms with Crippen LogP contribution in [-0.2, 0) is 11.2 Å². The van der Waals surface area contributed by atoms with Gasteiger partial charge >= 0.3 is 0 Å². The molecule has 3 rings (SSSR count). The number of hydrogen-bond donors (Lipinski definition) is 1. The van der Waals surface area contributed by atoms with Crippen LogP contribution in [0.25, 0.3) is 10.9 Å². The second-order valence-electron chi connectivity index (χ2n) is 5.51. The summed E-state index contributed by atoms with van der Waals surface area (Å²) in [7, 11) is 1.72. The van der Waals surface area contributed by atoms with E-state index >= 15 is 0 Å². The number of aromatic nitrogens is 4. The Morgan fingerprint density at radius 2 is 2.20 bits per heavy atom. The van der Waals surface area contributed by atoms with Gasteiger partial charge in [-0.3, -0.25) is 9.59 Å². The normalized spacial score (nSPS) is 12.2. The Balaban J connectivity index is 1.65. The van der Waals surface area contributed by atoms with Gasteiger partial charge in [-0.1, -0.05) is 29.1 Å². The van der Waals surface area contributed by atoms with E-state index in [1.165, 1.54) is 18.2 Å². The van der Waals surface area contributed by atoms with Gasteiger partial charge in [0.05, 0.1) is 16.2 Å². The van der Waals surface area contributed by atoms with E-state index < -0.39 is 0 Å². The number of rotatable bonds is 6. The summed E-state index contributed by atoms with van der Waals surface area (Å²) in [5.74, 6) is 0.491. The predicted octanol–water partition coefficient (Wildman–Crippen LogP) is 1.49. The van der Waals surface area contributed by atoms with E-state index in [1.807, 2.05) is 6.07 Å². The van der Waals surface area contributed by atoms with Gasteiger partial charge in [0.15, 0.2) is 11.0 Å². The summed E-state index contributed by atoms with van der Waals surface area (Å²) in [6.45, 7) is 2.26. The summed E-state index contributed by atoms with van der Waals surface area (Å²) in [6.07, 6.45) is 1.78. The lowest BCUT2D eigenvalue weighted by Crippen LogP contribution is -2.35. The summed E-state index contributed by atoms with van der Waals surface area (Å²) < 4.78 is 4.67. The monoisotopic (exact) mass is 359 g/mol. The van der Waals surface area contributed by atoms with Crippen LogP contribution in [-0.4, -0.2) is 49.8 Å². The molecule has 130 valence electrons. The van der Waals surface area contributed by atoms with Crippen LogP contribution in [0, 0.1) is 0 Å². The third-order valence-electron chi connectivity index (χ3n) is 3.68. The molecule has 25 heavy (non-hydrogen) atoms. The second-order valence-corrected chi connectivity index (χ2v) is 6.84. The number of benzene rings is 1. The van der Waals surface area contributed by atoms with E-state index in [2.05, 4.69) is 24.6 Å². The molecule has 2 heterocycles. The number of thioether (sulfide) groups is 1. The van der Waals surface area contributed by atoms with Gasteiger partial charge in [-0.25, -0.2) is 4.98 Å². The Kier molecular flexibility index (Phi) is 5.13. The number of aromatic amines is 1. The van der Waals surface area contributed by atoms with Crippen molar-refractivity contribution in [2.75, 3.05) is 13.6 Å². The molecular weight excluding hydrogens is 342 g/mol. The molecule has 0 fully saturated rings. The van der Waals surface area contributed by atoms with Gasteiger partial charge in [0, 0.05) is 20.0 Å². The number of para-hydroxylation sites is 1. The summed E-state index contributed by atoms with van der Waals surface area (Å²) in [6, 6.07) is 7.11. The molecule has 1 amide bonds. The first-order valence-electron chi connectivity index (χ1n) is 7.70. The Morgan fingerprint density at radius 1 is 1.40 bits per heavy atom. The molecule has 0 aliphatic carbocycles. The third kappa shape index (κ3) is 4.05. The molecule has 0 unspecified atom stereocenters. The van der Waals surface area contributed by atoms with Gasteiger partial charge in [-0.2, -0.15) is 4.98 Å². The van der Waals surface area contributed by atoms with Crippen LogP contribution in [0.4, 0.5) is 0 Å². The van der Waals surface area contributed by atoms with Crippen molar-refractivity contribution in [1.29, 1.82) is 0 Å². The molecule has 2 aromatic heterocycles. The number of nitrogens with zero attached hydrogens (tertiary/aromatic N) is 4. The summed E-state index contributed by atoms with van der Waals surface area (Å²) >= 11 is 1.22. The molecule has 8 nitrogen and oxygen atoms in total. The van der Waals surface area contributed by atoms with Crippen LogP contribution in [0.15, 0.2) is 45.1 Å². The topological polar surface area (TPSA) is 105 Å². The highest BCUT2D eigenvalue weighted by Crippen LogP contribution is 2.21. The Hall–Kier alpha value is -2.68. The first-order chi connectivity index (χ1) is 12.0. The largest absolute Gasteiger partial charge is 0.344 e. The Morgan fingerprint density at radius 3 is 2.96 bits per heavy atom. The number of carbonyl (C=O) groups is 1. The van der Waals surface area contributed by atoms with Gasteiger partial charge in [0.25, 0.3) is 5.56 Å². The van der Waals surface area contributed by atoms with Crippen molar-refractivity contribution in [3.05, 3.63) is 46.8 Å². The Labute approximate surface area is 147 Å². The smallest absolute Gasteiger partial charge is 0.259 e. The fraction of sp³-hybridized carbons (Fsp3) is 0.312. The molecule has 0 aliphatic rings. The molecule has 0 radical (unpaired) electrons. The highest BCUT2D eigenvalue weighted by atomic mass is 32.2. The number of likely N-dealkylation sites (N-methyl/N-ethyl adjacent to an activating group) is 1.